The Morgan fingerprint density at radius 2 is 2.07 bits per heavy atom. The molecule has 1 heterocycles. The lowest BCUT2D eigenvalue weighted by Crippen LogP contribution is -2.40. The third-order valence-electron chi connectivity index (χ3n) is 5.10. The van der Waals surface area contributed by atoms with Crippen LogP contribution < -0.4 is 16.4 Å². The Kier molecular flexibility index (Phi) is 7.10. The minimum atomic E-state index is -0.362. The first-order valence-electron chi connectivity index (χ1n) is 10.4. The van der Waals surface area contributed by atoms with Crippen molar-refractivity contribution in [3.05, 3.63) is 54.4 Å². The van der Waals surface area contributed by atoms with Crippen molar-refractivity contribution in [1.82, 2.24) is 10.2 Å². The highest BCUT2D eigenvalue weighted by molar-refractivity contribution is 6.18. The first kappa shape index (κ1) is 21.8. The molecular weight excluding hydrogens is 383 g/mol. The van der Waals surface area contributed by atoms with Gasteiger partial charge in [0.1, 0.15) is 17.3 Å². The molecule has 0 aromatic heterocycles. The predicted molar refractivity (Wildman–Crippen MR) is 119 cm³/mol. The Hall–Kier alpha value is -2.87. The minimum Gasteiger partial charge on any atom is -0.403 e. The maximum Gasteiger partial charge on any atom is 0.209 e. The fourth-order valence-electron chi connectivity index (χ4n) is 3.62. The lowest BCUT2D eigenvalue weighted by molar-refractivity contribution is 0.118. The van der Waals surface area contributed by atoms with Gasteiger partial charge in [-0.2, -0.15) is 0 Å². The van der Waals surface area contributed by atoms with Gasteiger partial charge in [-0.05, 0) is 43.7 Å². The van der Waals surface area contributed by atoms with E-state index in [2.05, 4.69) is 41.0 Å². The molecule has 1 fully saturated rings. The van der Waals surface area contributed by atoms with Crippen molar-refractivity contribution in [3.8, 4) is 0 Å². The van der Waals surface area contributed by atoms with Gasteiger partial charge in [-0.3, -0.25) is 4.90 Å². The van der Waals surface area contributed by atoms with E-state index in [0.717, 1.165) is 25.7 Å². The van der Waals surface area contributed by atoms with Crippen LogP contribution in [0.25, 0.3) is 0 Å². The van der Waals surface area contributed by atoms with Crippen molar-refractivity contribution in [2.75, 3.05) is 11.9 Å². The largest absolute Gasteiger partial charge is 0.403 e. The summed E-state index contributed by atoms with van der Waals surface area (Å²) in [6.45, 7) is 8.85. The van der Waals surface area contributed by atoms with E-state index in [1.54, 1.807) is 18.2 Å². The number of nitrogens with one attached hydrogen (secondary N) is 2. The number of halogens is 1. The molecule has 1 aliphatic carbocycles. The molecule has 1 aromatic carbocycles. The predicted octanol–water partition coefficient (Wildman–Crippen LogP) is 3.13. The number of anilines is 1. The average Bonchev–Trinajstić information content (AvgIpc) is 3.01. The number of rotatable bonds is 6. The quantitative estimate of drug-likeness (QED) is 0.573. The Labute approximate surface area is 177 Å². The number of amidine groups is 1. The molecule has 0 saturated heterocycles. The maximum atomic E-state index is 14.2. The van der Waals surface area contributed by atoms with Crippen LogP contribution in [0.15, 0.2) is 58.5 Å². The van der Waals surface area contributed by atoms with E-state index < -0.39 is 0 Å². The number of nitrogens with zero attached hydrogens (tertiary/aromatic N) is 3. The fraction of sp³-hybridized carbons (Fsp3) is 0.455. The molecule has 0 radical (unpaired) electrons. The minimum absolute atomic E-state index is 0.216. The van der Waals surface area contributed by atoms with Gasteiger partial charge < -0.3 is 21.5 Å². The van der Waals surface area contributed by atoms with Crippen molar-refractivity contribution in [3.63, 3.8) is 0 Å². The zero-order valence-electron chi connectivity index (χ0n) is 17.6. The number of nitrogens with two attached hydrogens (primary N) is 1. The van der Waals surface area contributed by atoms with E-state index in [4.69, 9.17) is 5.73 Å². The summed E-state index contributed by atoms with van der Waals surface area (Å²) in [7, 11) is 0. The monoisotopic (exact) mass is 414 g/mol. The molecule has 30 heavy (non-hydrogen) atoms. The first-order chi connectivity index (χ1) is 14.4. The standard InChI is InChI=1S/C22H31FN6O/c1-14(2)13-29-21(26-15(3)25-16-8-10-17(30)11-9-16)20(12-24)28-22(29)27-19-7-5-4-6-18(19)23/h4-7,12,14,16-17,25,30H,3,8-11,13,24H2,1-2H3,(H,27,28)/b20-12+,26-21+. The van der Waals surface area contributed by atoms with Crippen molar-refractivity contribution in [1.29, 1.82) is 0 Å². The molecule has 7 nitrogen and oxygen atoms in total. The number of hydrogen-bond donors (Lipinski definition) is 4. The molecule has 1 saturated carbocycles. The van der Waals surface area contributed by atoms with Crippen LogP contribution in [0.1, 0.15) is 39.5 Å². The number of aliphatic hydroxyl groups excluding tert-OH is 1. The first-order valence-corrected chi connectivity index (χ1v) is 10.4. The Morgan fingerprint density at radius 1 is 1.37 bits per heavy atom. The highest BCUT2D eigenvalue weighted by atomic mass is 19.1. The topological polar surface area (TPSA) is 98.3 Å². The second-order valence-electron chi connectivity index (χ2n) is 8.13. The van der Waals surface area contributed by atoms with E-state index in [9.17, 15) is 9.50 Å². The maximum absolute atomic E-state index is 14.2. The molecule has 0 atom stereocenters. The van der Waals surface area contributed by atoms with Gasteiger partial charge in [0.2, 0.25) is 5.96 Å². The molecule has 0 unspecified atom stereocenters. The summed E-state index contributed by atoms with van der Waals surface area (Å²) in [6, 6.07) is 6.68. The van der Waals surface area contributed by atoms with Crippen molar-refractivity contribution >= 4 is 17.5 Å². The van der Waals surface area contributed by atoms with Gasteiger partial charge in [0.15, 0.2) is 5.84 Å². The number of aliphatic hydroxyl groups is 1. The van der Waals surface area contributed by atoms with E-state index >= 15 is 0 Å². The molecule has 3 rings (SSSR count). The van der Waals surface area contributed by atoms with Crippen LogP contribution in [0.2, 0.25) is 0 Å². The van der Waals surface area contributed by atoms with E-state index in [1.165, 1.54) is 12.3 Å². The average molecular weight is 415 g/mol. The molecule has 0 spiro atoms. The van der Waals surface area contributed by atoms with Crippen LogP contribution in [0.4, 0.5) is 10.1 Å². The van der Waals surface area contributed by atoms with Crippen LogP contribution in [0.3, 0.4) is 0 Å². The highest BCUT2D eigenvalue weighted by Gasteiger charge is 2.30. The van der Waals surface area contributed by atoms with Crippen molar-refractivity contribution < 1.29 is 9.50 Å². The van der Waals surface area contributed by atoms with Crippen LogP contribution in [0, 0.1) is 11.7 Å². The van der Waals surface area contributed by atoms with Gasteiger partial charge >= 0.3 is 0 Å². The summed E-state index contributed by atoms with van der Waals surface area (Å²) in [4.78, 5) is 11.1. The molecular formula is C22H31FN6O. The van der Waals surface area contributed by atoms with Gasteiger partial charge in [-0.25, -0.2) is 14.4 Å². The van der Waals surface area contributed by atoms with Gasteiger partial charge in [0, 0.05) is 18.8 Å². The number of aliphatic imine (C=N–C) groups is 2. The van der Waals surface area contributed by atoms with Gasteiger partial charge in [-0.1, -0.05) is 32.6 Å². The second kappa shape index (κ2) is 9.75. The second-order valence-corrected chi connectivity index (χ2v) is 8.13. The van der Waals surface area contributed by atoms with E-state index in [1.807, 2.05) is 4.90 Å². The molecule has 8 heteroatoms. The lowest BCUT2D eigenvalue weighted by Gasteiger charge is -2.27. The van der Waals surface area contributed by atoms with E-state index in [0.29, 0.717) is 41.5 Å². The van der Waals surface area contributed by atoms with Crippen LogP contribution in [0.5, 0.6) is 0 Å². The summed E-state index contributed by atoms with van der Waals surface area (Å²) in [5.74, 6) is 1.50. The fourth-order valence-corrected chi connectivity index (χ4v) is 3.62. The summed E-state index contributed by atoms with van der Waals surface area (Å²) in [6.07, 6.45) is 4.47. The normalized spacial score (nSPS) is 24.4. The lowest BCUT2D eigenvalue weighted by atomic mass is 9.93. The molecule has 1 aromatic rings. The van der Waals surface area contributed by atoms with Crippen molar-refractivity contribution in [2.45, 2.75) is 51.7 Å². The zero-order chi connectivity index (χ0) is 21.7. The van der Waals surface area contributed by atoms with E-state index in [-0.39, 0.29) is 18.0 Å². The summed E-state index contributed by atoms with van der Waals surface area (Å²) >= 11 is 0. The molecule has 0 bridgehead atoms. The number of hydrogen-bond acceptors (Lipinski definition) is 6. The Bertz CT molecular complexity index is 855. The van der Waals surface area contributed by atoms with Gasteiger partial charge in [0.05, 0.1) is 11.8 Å². The molecule has 5 N–H and O–H groups in total. The smallest absolute Gasteiger partial charge is 0.209 e. The highest BCUT2D eigenvalue weighted by Crippen LogP contribution is 2.23. The van der Waals surface area contributed by atoms with Gasteiger partial charge in [0.25, 0.3) is 0 Å². The SMILES string of the molecule is C=C(/N=C1\C(=C/N)N=C(Nc2ccccc2F)N1CC(C)C)NC1CCC(O)CC1. The summed E-state index contributed by atoms with van der Waals surface area (Å²) < 4.78 is 14.2. The van der Waals surface area contributed by atoms with Gasteiger partial charge in [-0.15, -0.1) is 0 Å². The molecule has 2 aliphatic rings. The summed E-state index contributed by atoms with van der Waals surface area (Å²) in [5, 5.41) is 16.1. The molecule has 1 aliphatic heterocycles. The number of guanidine groups is 1. The molecule has 162 valence electrons. The summed E-state index contributed by atoms with van der Waals surface area (Å²) in [5.41, 5.74) is 6.65. The number of benzene rings is 1. The van der Waals surface area contributed by atoms with Crippen LogP contribution in [-0.2, 0) is 0 Å². The molecule has 0 amide bonds. The zero-order valence-corrected chi connectivity index (χ0v) is 17.6. The Balaban J connectivity index is 1.80. The third kappa shape index (κ3) is 5.38. The Morgan fingerprint density at radius 3 is 2.70 bits per heavy atom. The van der Waals surface area contributed by atoms with Crippen LogP contribution in [-0.4, -0.2) is 40.5 Å². The van der Waals surface area contributed by atoms with Crippen LogP contribution >= 0.6 is 0 Å². The van der Waals surface area contributed by atoms with Crippen molar-refractivity contribution in [2.24, 2.45) is 21.6 Å². The third-order valence-corrected chi connectivity index (χ3v) is 5.10. The number of para-hydroxylation sites is 1.